The summed E-state index contributed by atoms with van der Waals surface area (Å²) in [6.45, 7) is 1.47. The van der Waals surface area contributed by atoms with Gasteiger partial charge in [0.15, 0.2) is 23.0 Å². The first-order chi connectivity index (χ1) is 18.3. The zero-order valence-corrected chi connectivity index (χ0v) is 22.4. The van der Waals surface area contributed by atoms with Crippen molar-refractivity contribution in [2.24, 2.45) is 0 Å². The fourth-order valence-corrected chi connectivity index (χ4v) is 4.88. The number of rotatable bonds is 8. The molecule has 1 atom stereocenters. The average Bonchev–Trinajstić information content (AvgIpc) is 3.16. The Bertz CT molecular complexity index is 1420. The minimum absolute atomic E-state index is 0.184. The quantitative estimate of drug-likeness (QED) is 0.443. The van der Waals surface area contributed by atoms with Gasteiger partial charge in [-0.25, -0.2) is 0 Å². The predicted octanol–water partition coefficient (Wildman–Crippen LogP) is 4.62. The van der Waals surface area contributed by atoms with Crippen LogP contribution < -0.4 is 39.7 Å². The maximum absolute atomic E-state index is 13.5. The summed E-state index contributed by atoms with van der Waals surface area (Å²) >= 11 is 0. The van der Waals surface area contributed by atoms with E-state index in [4.69, 9.17) is 23.7 Å². The Hall–Kier alpha value is -4.40. The maximum Gasteiger partial charge on any atom is 0.217 e. The smallest absolute Gasteiger partial charge is 0.217 e. The summed E-state index contributed by atoms with van der Waals surface area (Å²) in [7, 11) is 7.81. The van der Waals surface area contributed by atoms with Gasteiger partial charge in [-0.15, -0.1) is 0 Å². The molecule has 0 fully saturated rings. The van der Waals surface area contributed by atoms with Crippen LogP contribution in [0.25, 0.3) is 11.1 Å². The third-order valence-corrected chi connectivity index (χ3v) is 6.58. The Morgan fingerprint density at radius 1 is 0.816 bits per heavy atom. The number of nitrogens with one attached hydrogen (secondary N) is 2. The number of hydrogen-bond donors (Lipinski definition) is 2. The molecule has 0 radical (unpaired) electrons. The standard InChI is InChI=1S/C29H32N2O7/c1-16(32)30-21-10-7-17-13-26(36-4)28(37-5)29(38-6)27(17)19-9-11-22(23(33)15-20(19)21)31-18-8-12-24(34-2)25(14-18)35-3/h8-9,11-15,21H,7,10H2,1-6H3,(H,30,32)(H,31,33). The lowest BCUT2D eigenvalue weighted by Crippen LogP contribution is -2.26. The van der Waals surface area contributed by atoms with Crippen LogP contribution in [0, 0.1) is 0 Å². The Balaban J connectivity index is 1.94. The van der Waals surface area contributed by atoms with E-state index in [1.807, 2.05) is 12.1 Å². The molecule has 0 saturated heterocycles. The van der Waals surface area contributed by atoms with Gasteiger partial charge in [0.1, 0.15) is 0 Å². The van der Waals surface area contributed by atoms with Gasteiger partial charge < -0.3 is 34.3 Å². The highest BCUT2D eigenvalue weighted by Gasteiger charge is 2.29. The van der Waals surface area contributed by atoms with E-state index >= 15 is 0 Å². The summed E-state index contributed by atoms with van der Waals surface area (Å²) < 4.78 is 27.8. The van der Waals surface area contributed by atoms with Crippen molar-refractivity contribution in [3.05, 3.63) is 63.8 Å². The fraction of sp³-hybridized carbons (Fsp3) is 0.310. The Morgan fingerprint density at radius 2 is 1.53 bits per heavy atom. The number of hydrogen-bond acceptors (Lipinski definition) is 8. The number of amides is 1. The topological polar surface area (TPSA) is 104 Å². The molecule has 0 spiro atoms. The van der Waals surface area contributed by atoms with E-state index in [0.29, 0.717) is 58.5 Å². The van der Waals surface area contributed by atoms with Crippen molar-refractivity contribution in [3.8, 4) is 39.9 Å². The Morgan fingerprint density at radius 3 is 2.16 bits per heavy atom. The molecule has 9 heteroatoms. The number of aryl methyl sites for hydroxylation is 1. The van der Waals surface area contributed by atoms with Crippen LogP contribution in [0.2, 0.25) is 0 Å². The number of methoxy groups -OCH3 is 5. The third-order valence-electron chi connectivity index (χ3n) is 6.58. The van der Waals surface area contributed by atoms with Gasteiger partial charge in [-0.2, -0.15) is 0 Å². The molecule has 0 bridgehead atoms. The van der Waals surface area contributed by atoms with Gasteiger partial charge in [0.25, 0.3) is 0 Å². The van der Waals surface area contributed by atoms with Crippen molar-refractivity contribution >= 4 is 17.3 Å². The molecule has 3 aromatic carbocycles. The summed E-state index contributed by atoms with van der Waals surface area (Å²) in [4.78, 5) is 25.6. The molecule has 1 amide bonds. The molecule has 0 saturated carbocycles. The predicted molar refractivity (Wildman–Crippen MR) is 146 cm³/mol. The summed E-state index contributed by atoms with van der Waals surface area (Å²) in [6.07, 6.45) is 1.21. The molecule has 1 aliphatic carbocycles. The van der Waals surface area contributed by atoms with Crippen LogP contribution in [0.1, 0.15) is 30.5 Å². The van der Waals surface area contributed by atoms with Crippen LogP contribution in [0.5, 0.6) is 28.7 Å². The van der Waals surface area contributed by atoms with E-state index in [-0.39, 0.29) is 17.4 Å². The number of anilines is 2. The van der Waals surface area contributed by atoms with Crippen LogP contribution in [0.3, 0.4) is 0 Å². The molecule has 38 heavy (non-hydrogen) atoms. The number of benzene rings is 2. The van der Waals surface area contributed by atoms with Gasteiger partial charge >= 0.3 is 0 Å². The van der Waals surface area contributed by atoms with Gasteiger partial charge in [0, 0.05) is 24.2 Å². The van der Waals surface area contributed by atoms with Crippen LogP contribution in [-0.2, 0) is 11.2 Å². The van der Waals surface area contributed by atoms with Crippen LogP contribution in [0.15, 0.2) is 47.3 Å². The molecule has 200 valence electrons. The Kier molecular flexibility index (Phi) is 7.95. The summed E-state index contributed by atoms with van der Waals surface area (Å²) in [5.74, 6) is 2.43. The molecule has 4 rings (SSSR count). The maximum atomic E-state index is 13.5. The fourth-order valence-electron chi connectivity index (χ4n) is 4.88. The molecular formula is C29H32N2O7. The zero-order chi connectivity index (χ0) is 27.4. The van der Waals surface area contributed by atoms with E-state index < -0.39 is 0 Å². The first-order valence-corrected chi connectivity index (χ1v) is 12.1. The highest BCUT2D eigenvalue weighted by atomic mass is 16.5. The number of carbonyl (C=O) groups excluding carboxylic acids is 1. The van der Waals surface area contributed by atoms with Gasteiger partial charge in [-0.3, -0.25) is 9.59 Å². The normalized spacial score (nSPS) is 13.8. The third kappa shape index (κ3) is 5.04. The minimum Gasteiger partial charge on any atom is -0.493 e. The number of carbonyl (C=O) groups is 1. The SMILES string of the molecule is COc1ccc(Nc2ccc3c(cc2=O)C(NC(C)=O)CCc2cc(OC)c(OC)c(OC)c2-3)cc1OC. The zero-order valence-electron chi connectivity index (χ0n) is 22.4. The van der Waals surface area contributed by atoms with Crippen molar-refractivity contribution < 1.29 is 28.5 Å². The molecule has 0 heterocycles. The number of ether oxygens (including phenoxy) is 5. The second kappa shape index (κ2) is 11.3. The van der Waals surface area contributed by atoms with Gasteiger partial charge in [0.05, 0.1) is 47.3 Å². The van der Waals surface area contributed by atoms with Crippen molar-refractivity contribution in [3.63, 3.8) is 0 Å². The molecule has 1 aliphatic rings. The molecule has 2 N–H and O–H groups in total. The van der Waals surface area contributed by atoms with E-state index in [1.54, 1.807) is 65.9 Å². The lowest BCUT2D eigenvalue weighted by atomic mass is 9.95. The van der Waals surface area contributed by atoms with E-state index in [9.17, 15) is 9.59 Å². The van der Waals surface area contributed by atoms with Crippen LogP contribution >= 0.6 is 0 Å². The second-order valence-electron chi connectivity index (χ2n) is 8.79. The van der Waals surface area contributed by atoms with Crippen molar-refractivity contribution in [2.45, 2.75) is 25.8 Å². The monoisotopic (exact) mass is 520 g/mol. The largest absolute Gasteiger partial charge is 0.493 e. The Labute approximate surface area is 221 Å². The highest BCUT2D eigenvalue weighted by molar-refractivity contribution is 5.84. The summed E-state index contributed by atoms with van der Waals surface area (Å²) in [5.41, 5.74) is 3.97. The van der Waals surface area contributed by atoms with Crippen molar-refractivity contribution in [1.82, 2.24) is 5.32 Å². The molecule has 3 aromatic rings. The summed E-state index contributed by atoms with van der Waals surface area (Å²) in [6, 6.07) is 12.0. The van der Waals surface area contributed by atoms with Crippen LogP contribution in [-0.4, -0.2) is 41.5 Å². The van der Waals surface area contributed by atoms with Crippen molar-refractivity contribution in [2.75, 3.05) is 40.9 Å². The molecule has 0 aliphatic heterocycles. The molecule has 0 aromatic heterocycles. The lowest BCUT2D eigenvalue weighted by Gasteiger charge is -2.19. The first kappa shape index (κ1) is 26.7. The van der Waals surface area contributed by atoms with E-state index in [0.717, 1.165) is 16.7 Å². The lowest BCUT2D eigenvalue weighted by molar-refractivity contribution is -0.119. The minimum atomic E-state index is -0.384. The van der Waals surface area contributed by atoms with Crippen molar-refractivity contribution in [1.29, 1.82) is 0 Å². The molecule has 1 unspecified atom stereocenters. The molecule has 9 nitrogen and oxygen atoms in total. The van der Waals surface area contributed by atoms with E-state index in [1.165, 1.54) is 6.92 Å². The average molecular weight is 521 g/mol. The first-order valence-electron chi connectivity index (χ1n) is 12.1. The van der Waals surface area contributed by atoms with Gasteiger partial charge in [-0.05, 0) is 59.9 Å². The van der Waals surface area contributed by atoms with Gasteiger partial charge in [0.2, 0.25) is 17.1 Å². The van der Waals surface area contributed by atoms with Crippen LogP contribution in [0.4, 0.5) is 11.4 Å². The summed E-state index contributed by atoms with van der Waals surface area (Å²) in [5, 5.41) is 6.21. The second-order valence-corrected chi connectivity index (χ2v) is 8.79. The van der Waals surface area contributed by atoms with Gasteiger partial charge in [-0.1, -0.05) is 6.07 Å². The highest BCUT2D eigenvalue weighted by Crippen LogP contribution is 2.50. The number of fused-ring (bicyclic) bond motifs is 3. The molecular weight excluding hydrogens is 488 g/mol. The van der Waals surface area contributed by atoms with E-state index in [2.05, 4.69) is 10.6 Å².